The number of benzene rings is 1. The summed E-state index contributed by atoms with van der Waals surface area (Å²) < 4.78 is 31.4. The third kappa shape index (κ3) is 4.55. The first kappa shape index (κ1) is 20.5. The molecular formula is C17H18Cl2N5O4P. The van der Waals surface area contributed by atoms with Gasteiger partial charge in [0.15, 0.2) is 11.5 Å². The summed E-state index contributed by atoms with van der Waals surface area (Å²) in [4.78, 5) is 12.3. The maximum atomic E-state index is 12.9. The number of nitrogens with zero attached hydrogens (tertiary/aromatic N) is 4. The predicted molar refractivity (Wildman–Crippen MR) is 109 cm³/mol. The van der Waals surface area contributed by atoms with Crippen LogP contribution in [0.3, 0.4) is 0 Å². The summed E-state index contributed by atoms with van der Waals surface area (Å²) >= 11 is 12.0. The van der Waals surface area contributed by atoms with Gasteiger partial charge in [0.05, 0.1) is 35.7 Å². The molecule has 12 heteroatoms. The molecule has 3 heterocycles. The van der Waals surface area contributed by atoms with Crippen LogP contribution in [-0.4, -0.2) is 39.1 Å². The molecule has 154 valence electrons. The van der Waals surface area contributed by atoms with Gasteiger partial charge in [-0.05, 0) is 17.7 Å². The second-order valence-electron chi connectivity index (χ2n) is 6.41. The molecule has 2 aromatic heterocycles. The van der Waals surface area contributed by atoms with Gasteiger partial charge < -0.3 is 19.6 Å². The van der Waals surface area contributed by atoms with E-state index in [-0.39, 0.29) is 13.0 Å². The Balaban J connectivity index is 1.34. The van der Waals surface area contributed by atoms with Crippen LogP contribution in [0.25, 0.3) is 11.2 Å². The van der Waals surface area contributed by atoms with E-state index in [0.29, 0.717) is 46.6 Å². The van der Waals surface area contributed by atoms with Crippen molar-refractivity contribution in [2.45, 2.75) is 19.1 Å². The van der Waals surface area contributed by atoms with Crippen LogP contribution in [0, 0.1) is 0 Å². The highest BCUT2D eigenvalue weighted by molar-refractivity contribution is 7.53. The number of rotatable bonds is 6. The van der Waals surface area contributed by atoms with Crippen molar-refractivity contribution in [1.29, 1.82) is 0 Å². The van der Waals surface area contributed by atoms with Gasteiger partial charge in [0.1, 0.15) is 18.2 Å². The first-order valence-electron chi connectivity index (χ1n) is 8.81. The Kier molecular flexibility index (Phi) is 6.06. The fourth-order valence-electron chi connectivity index (χ4n) is 2.99. The number of halogens is 2. The monoisotopic (exact) mass is 457 g/mol. The van der Waals surface area contributed by atoms with Gasteiger partial charge in [-0.2, -0.15) is 0 Å². The highest BCUT2D eigenvalue weighted by atomic mass is 35.5. The lowest BCUT2D eigenvalue weighted by Gasteiger charge is -2.30. The Hall–Kier alpha value is -1.74. The lowest BCUT2D eigenvalue weighted by molar-refractivity contribution is 0.0563. The molecule has 0 spiro atoms. The number of anilines is 1. The van der Waals surface area contributed by atoms with Crippen LogP contribution in [0.4, 0.5) is 5.82 Å². The van der Waals surface area contributed by atoms with Gasteiger partial charge in [0.2, 0.25) is 0 Å². The molecule has 0 radical (unpaired) electrons. The van der Waals surface area contributed by atoms with E-state index in [0.717, 1.165) is 5.56 Å². The van der Waals surface area contributed by atoms with Crippen molar-refractivity contribution in [1.82, 2.24) is 19.5 Å². The number of nitrogens with two attached hydrogens (primary N) is 1. The standard InChI is InChI=1S/C17H18Cl2N5O4P/c18-12-2-1-11(7-13(12)19)14-3-5-27-29(25,28-14)10-26-6-4-24-9-23-15-16(20)21-8-22-17(15)24/h1-2,7-9,14H,3-6,10H2,(H2,20,21,22). The van der Waals surface area contributed by atoms with Crippen molar-refractivity contribution >= 4 is 47.8 Å². The number of hydrogen-bond acceptors (Lipinski definition) is 8. The van der Waals surface area contributed by atoms with E-state index >= 15 is 0 Å². The lowest BCUT2D eigenvalue weighted by atomic mass is 10.1. The molecule has 0 saturated carbocycles. The number of hydrogen-bond donors (Lipinski definition) is 1. The summed E-state index contributed by atoms with van der Waals surface area (Å²) in [5, 5.41) is 0.871. The van der Waals surface area contributed by atoms with Gasteiger partial charge in [-0.1, -0.05) is 29.3 Å². The van der Waals surface area contributed by atoms with E-state index in [4.69, 9.17) is 42.7 Å². The van der Waals surface area contributed by atoms with Crippen molar-refractivity contribution in [3.05, 3.63) is 46.5 Å². The van der Waals surface area contributed by atoms with Crippen LogP contribution < -0.4 is 5.73 Å². The normalized spacial score (nSPS) is 22.2. The van der Waals surface area contributed by atoms with Crippen LogP contribution in [0.15, 0.2) is 30.9 Å². The highest BCUT2D eigenvalue weighted by Crippen LogP contribution is 2.56. The summed E-state index contributed by atoms with van der Waals surface area (Å²) in [5.74, 6) is 0.316. The fourth-order valence-corrected chi connectivity index (χ4v) is 4.84. The molecule has 2 N–H and O–H groups in total. The molecule has 0 aliphatic carbocycles. The maximum Gasteiger partial charge on any atom is 0.356 e. The molecule has 9 nitrogen and oxygen atoms in total. The van der Waals surface area contributed by atoms with E-state index in [1.165, 1.54) is 6.33 Å². The van der Waals surface area contributed by atoms with Crippen LogP contribution in [0.1, 0.15) is 18.1 Å². The van der Waals surface area contributed by atoms with E-state index in [1.54, 1.807) is 29.1 Å². The van der Waals surface area contributed by atoms with Crippen molar-refractivity contribution in [3.63, 3.8) is 0 Å². The number of imidazole rings is 1. The van der Waals surface area contributed by atoms with Crippen LogP contribution in [-0.2, 0) is 24.9 Å². The Morgan fingerprint density at radius 1 is 1.28 bits per heavy atom. The Morgan fingerprint density at radius 2 is 2.14 bits per heavy atom. The second-order valence-corrected chi connectivity index (χ2v) is 9.17. The Bertz CT molecular complexity index is 1080. The minimum Gasteiger partial charge on any atom is -0.382 e. The van der Waals surface area contributed by atoms with Crippen LogP contribution in [0.5, 0.6) is 0 Å². The Labute approximate surface area is 176 Å². The van der Waals surface area contributed by atoms with Gasteiger partial charge in [-0.25, -0.2) is 15.0 Å². The van der Waals surface area contributed by atoms with Crippen LogP contribution in [0.2, 0.25) is 10.0 Å². The van der Waals surface area contributed by atoms with Crippen molar-refractivity contribution in [3.8, 4) is 0 Å². The minimum atomic E-state index is -3.39. The van der Waals surface area contributed by atoms with E-state index in [1.807, 2.05) is 0 Å². The molecule has 1 saturated heterocycles. The molecule has 1 fully saturated rings. The molecule has 4 rings (SSSR count). The van der Waals surface area contributed by atoms with Gasteiger partial charge >= 0.3 is 7.60 Å². The molecule has 3 aromatic rings. The zero-order chi connectivity index (χ0) is 20.4. The average molecular weight is 458 g/mol. The number of ether oxygens (including phenoxy) is 1. The zero-order valence-electron chi connectivity index (χ0n) is 15.2. The molecule has 0 amide bonds. The van der Waals surface area contributed by atoms with Crippen molar-refractivity contribution < 1.29 is 18.3 Å². The molecule has 1 aliphatic rings. The van der Waals surface area contributed by atoms with E-state index < -0.39 is 13.7 Å². The summed E-state index contributed by atoms with van der Waals surface area (Å²) in [7, 11) is -3.39. The molecule has 1 aliphatic heterocycles. The topological polar surface area (TPSA) is 114 Å². The first-order chi connectivity index (χ1) is 14.0. The summed E-state index contributed by atoms with van der Waals surface area (Å²) in [5.41, 5.74) is 7.71. The molecule has 2 atom stereocenters. The first-order valence-corrected chi connectivity index (χ1v) is 11.3. The van der Waals surface area contributed by atoms with Crippen LogP contribution >= 0.6 is 30.8 Å². The molecular weight excluding hydrogens is 440 g/mol. The van der Waals surface area contributed by atoms with Gasteiger partial charge in [0, 0.05) is 13.0 Å². The summed E-state index contributed by atoms with van der Waals surface area (Å²) in [6.07, 6.45) is 2.99. The zero-order valence-corrected chi connectivity index (χ0v) is 17.6. The number of aromatic nitrogens is 4. The lowest BCUT2D eigenvalue weighted by Crippen LogP contribution is -2.17. The largest absolute Gasteiger partial charge is 0.382 e. The van der Waals surface area contributed by atoms with E-state index in [9.17, 15) is 4.57 Å². The molecule has 29 heavy (non-hydrogen) atoms. The van der Waals surface area contributed by atoms with Crippen molar-refractivity contribution in [2.24, 2.45) is 0 Å². The minimum absolute atomic E-state index is 0.158. The molecule has 0 bridgehead atoms. The van der Waals surface area contributed by atoms with Gasteiger partial charge in [-0.3, -0.25) is 9.09 Å². The molecule has 1 aromatic carbocycles. The van der Waals surface area contributed by atoms with E-state index in [2.05, 4.69) is 15.0 Å². The highest BCUT2D eigenvalue weighted by Gasteiger charge is 2.34. The average Bonchev–Trinajstić information content (AvgIpc) is 3.12. The summed E-state index contributed by atoms with van der Waals surface area (Å²) in [6.45, 7) is 1.01. The third-order valence-electron chi connectivity index (χ3n) is 4.43. The second kappa shape index (κ2) is 8.55. The summed E-state index contributed by atoms with van der Waals surface area (Å²) in [6, 6.07) is 5.20. The predicted octanol–water partition coefficient (Wildman–Crippen LogP) is 4.06. The number of nitrogen functional groups attached to an aromatic ring is 1. The molecule has 2 unspecified atom stereocenters. The Morgan fingerprint density at radius 3 is 2.97 bits per heavy atom. The van der Waals surface area contributed by atoms with Gasteiger partial charge in [0.25, 0.3) is 0 Å². The SMILES string of the molecule is Nc1ncnc2c1ncn2CCOCP1(=O)OCCC(c2ccc(Cl)c(Cl)c2)O1. The number of fused-ring (bicyclic) bond motifs is 1. The van der Waals surface area contributed by atoms with Gasteiger partial charge in [-0.15, -0.1) is 0 Å². The smallest absolute Gasteiger partial charge is 0.356 e. The third-order valence-corrected chi connectivity index (χ3v) is 6.82. The van der Waals surface area contributed by atoms with Crippen molar-refractivity contribution in [2.75, 3.05) is 25.3 Å². The fraction of sp³-hybridized carbons (Fsp3) is 0.353. The quantitative estimate of drug-likeness (QED) is 0.435. The maximum absolute atomic E-state index is 12.9.